The van der Waals surface area contributed by atoms with Crippen LogP contribution in [0.25, 0.3) is 0 Å². The molecular weight excluding hydrogens is 306 g/mol. The van der Waals surface area contributed by atoms with Gasteiger partial charge in [0.1, 0.15) is 0 Å². The third-order valence-corrected chi connectivity index (χ3v) is 6.94. The summed E-state index contributed by atoms with van der Waals surface area (Å²) in [5.41, 5.74) is 0. The van der Waals surface area contributed by atoms with Gasteiger partial charge in [0.2, 0.25) is 0 Å². The van der Waals surface area contributed by atoms with Crippen LogP contribution < -0.4 is 5.32 Å². The van der Waals surface area contributed by atoms with Gasteiger partial charge in [-0.2, -0.15) is 0 Å². The third kappa shape index (κ3) is 7.59. The average molecular weight is 350 g/mol. The van der Waals surface area contributed by atoms with Crippen LogP contribution in [0.2, 0.25) is 0 Å². The molecule has 2 nitrogen and oxygen atoms in total. The lowest BCUT2D eigenvalue weighted by Crippen LogP contribution is -2.41. The van der Waals surface area contributed by atoms with E-state index >= 15 is 0 Å². The van der Waals surface area contributed by atoms with E-state index in [0.29, 0.717) is 12.2 Å². The largest absolute Gasteiger partial charge is 0.375 e. The van der Waals surface area contributed by atoms with E-state index in [4.69, 9.17) is 4.74 Å². The van der Waals surface area contributed by atoms with Crippen molar-refractivity contribution in [2.24, 2.45) is 0 Å². The van der Waals surface area contributed by atoms with E-state index < -0.39 is 0 Å². The monoisotopic (exact) mass is 349 g/mol. The standard InChI is InChI=1S/C23H43NO/c1-2-6-10-14-22-18-16-20(12-8-4-1)24-21-13-9-5-3-7-11-15-23(25-22)19-17-21/h20-24H,1-19H2. The van der Waals surface area contributed by atoms with Crippen molar-refractivity contribution in [1.29, 1.82) is 0 Å². The Morgan fingerprint density at radius 2 is 0.800 bits per heavy atom. The number of nitrogens with one attached hydrogen (secondary N) is 1. The molecule has 3 rings (SSSR count). The zero-order valence-electron chi connectivity index (χ0n) is 16.7. The van der Waals surface area contributed by atoms with Gasteiger partial charge in [-0.15, -0.1) is 0 Å². The maximum atomic E-state index is 6.75. The van der Waals surface area contributed by atoms with Gasteiger partial charge in [-0.1, -0.05) is 70.6 Å². The van der Waals surface area contributed by atoms with Crippen LogP contribution in [0.5, 0.6) is 0 Å². The molecule has 4 bridgehead atoms. The quantitative estimate of drug-likeness (QED) is 0.537. The molecule has 0 spiro atoms. The van der Waals surface area contributed by atoms with E-state index in [1.54, 1.807) is 0 Å². The van der Waals surface area contributed by atoms with Crippen molar-refractivity contribution in [1.82, 2.24) is 5.32 Å². The first-order valence-electron chi connectivity index (χ1n) is 11.8. The van der Waals surface area contributed by atoms with Crippen molar-refractivity contribution in [3.63, 3.8) is 0 Å². The Bertz CT molecular complexity index is 313. The summed E-state index contributed by atoms with van der Waals surface area (Å²) < 4.78 is 6.75. The van der Waals surface area contributed by atoms with E-state index in [0.717, 1.165) is 12.1 Å². The summed E-state index contributed by atoms with van der Waals surface area (Å²) in [7, 11) is 0. The first-order chi connectivity index (χ1) is 12.4. The van der Waals surface area contributed by atoms with E-state index in [1.165, 1.54) is 122 Å². The van der Waals surface area contributed by atoms with Crippen LogP contribution in [0.1, 0.15) is 122 Å². The minimum absolute atomic E-state index is 0.537. The van der Waals surface area contributed by atoms with Crippen LogP contribution in [0, 0.1) is 0 Å². The topological polar surface area (TPSA) is 21.3 Å². The van der Waals surface area contributed by atoms with Crippen LogP contribution in [-0.2, 0) is 4.74 Å². The third-order valence-electron chi connectivity index (χ3n) is 6.94. The van der Waals surface area contributed by atoms with Gasteiger partial charge in [0, 0.05) is 12.1 Å². The van der Waals surface area contributed by atoms with Crippen molar-refractivity contribution in [3.8, 4) is 0 Å². The van der Waals surface area contributed by atoms with Gasteiger partial charge in [0.25, 0.3) is 0 Å². The van der Waals surface area contributed by atoms with Crippen molar-refractivity contribution < 1.29 is 4.74 Å². The lowest BCUT2D eigenvalue weighted by molar-refractivity contribution is -0.0372. The molecule has 1 aliphatic heterocycles. The summed E-state index contributed by atoms with van der Waals surface area (Å²) in [6, 6.07) is 1.50. The summed E-state index contributed by atoms with van der Waals surface area (Å²) in [5.74, 6) is 0. The number of ether oxygens (including phenoxy) is 1. The molecule has 0 aromatic rings. The fourth-order valence-electron chi connectivity index (χ4n) is 5.33. The average Bonchev–Trinajstić information content (AvgIpc) is 2.66. The molecule has 1 saturated heterocycles. The molecule has 4 atom stereocenters. The molecular formula is C23H43NO. The highest BCUT2D eigenvalue weighted by Gasteiger charge is 2.24. The maximum absolute atomic E-state index is 6.75. The lowest BCUT2D eigenvalue weighted by atomic mass is 9.93. The van der Waals surface area contributed by atoms with Crippen LogP contribution in [0.4, 0.5) is 0 Å². The predicted molar refractivity (Wildman–Crippen MR) is 107 cm³/mol. The summed E-state index contributed by atoms with van der Waals surface area (Å²) in [6.45, 7) is 0. The smallest absolute Gasteiger partial charge is 0.0579 e. The van der Waals surface area contributed by atoms with Crippen molar-refractivity contribution >= 4 is 0 Å². The highest BCUT2D eigenvalue weighted by molar-refractivity contribution is 4.80. The normalized spacial score (nSPS) is 37.4. The Morgan fingerprint density at radius 1 is 0.400 bits per heavy atom. The van der Waals surface area contributed by atoms with Gasteiger partial charge in [-0.25, -0.2) is 0 Å². The molecule has 0 amide bonds. The van der Waals surface area contributed by atoms with Gasteiger partial charge < -0.3 is 10.1 Å². The van der Waals surface area contributed by atoms with Crippen LogP contribution >= 0.6 is 0 Å². The molecule has 146 valence electrons. The molecule has 0 aromatic heterocycles. The Kier molecular flexibility index (Phi) is 9.13. The number of hydrogen-bond acceptors (Lipinski definition) is 2. The molecule has 2 aliphatic carbocycles. The lowest BCUT2D eigenvalue weighted by Gasteiger charge is -2.33. The maximum Gasteiger partial charge on any atom is 0.0579 e. The minimum Gasteiger partial charge on any atom is -0.375 e. The summed E-state index contributed by atoms with van der Waals surface area (Å²) in [6.07, 6.45) is 27.5. The van der Waals surface area contributed by atoms with Gasteiger partial charge in [0.05, 0.1) is 12.2 Å². The molecule has 2 heteroatoms. The fourth-order valence-corrected chi connectivity index (χ4v) is 5.33. The van der Waals surface area contributed by atoms with E-state index in [1.807, 2.05) is 0 Å². The second kappa shape index (κ2) is 11.6. The van der Waals surface area contributed by atoms with E-state index in [-0.39, 0.29) is 0 Å². The predicted octanol–water partition coefficient (Wildman–Crippen LogP) is 6.52. The first kappa shape index (κ1) is 19.7. The number of fused-ring (bicyclic) bond motifs is 6. The summed E-state index contributed by atoms with van der Waals surface area (Å²) in [5, 5.41) is 4.13. The van der Waals surface area contributed by atoms with Crippen molar-refractivity contribution in [3.05, 3.63) is 0 Å². The van der Waals surface area contributed by atoms with E-state index in [9.17, 15) is 0 Å². The van der Waals surface area contributed by atoms with Gasteiger partial charge in [-0.05, 0) is 51.4 Å². The van der Waals surface area contributed by atoms with Crippen molar-refractivity contribution in [2.75, 3.05) is 0 Å². The fraction of sp³-hybridized carbons (Fsp3) is 1.00. The molecule has 0 aromatic carbocycles. The molecule has 3 aliphatic rings. The summed E-state index contributed by atoms with van der Waals surface area (Å²) in [4.78, 5) is 0. The number of rotatable bonds is 0. The van der Waals surface area contributed by atoms with Crippen LogP contribution in [-0.4, -0.2) is 24.3 Å². The molecule has 25 heavy (non-hydrogen) atoms. The van der Waals surface area contributed by atoms with Crippen molar-refractivity contribution in [2.45, 2.75) is 146 Å². The van der Waals surface area contributed by atoms with Crippen LogP contribution in [0.3, 0.4) is 0 Å². The minimum atomic E-state index is 0.537. The second-order valence-electron chi connectivity index (χ2n) is 9.14. The molecule has 1 N–H and O–H groups in total. The van der Waals surface area contributed by atoms with E-state index in [2.05, 4.69) is 5.32 Å². The number of hydrogen-bond donors (Lipinski definition) is 1. The zero-order valence-corrected chi connectivity index (χ0v) is 16.7. The first-order valence-corrected chi connectivity index (χ1v) is 11.8. The van der Waals surface area contributed by atoms with Gasteiger partial charge in [0.15, 0.2) is 0 Å². The second-order valence-corrected chi connectivity index (χ2v) is 9.14. The molecule has 1 heterocycles. The highest BCUT2D eigenvalue weighted by atomic mass is 16.5. The summed E-state index contributed by atoms with van der Waals surface area (Å²) >= 11 is 0. The highest BCUT2D eigenvalue weighted by Crippen LogP contribution is 2.27. The van der Waals surface area contributed by atoms with Gasteiger partial charge in [-0.3, -0.25) is 0 Å². The molecule has 2 saturated carbocycles. The Balaban J connectivity index is 1.68. The Labute approximate surface area is 156 Å². The Hall–Kier alpha value is -0.0800. The molecule has 4 unspecified atom stereocenters. The zero-order chi connectivity index (χ0) is 17.2. The Morgan fingerprint density at radius 3 is 1.28 bits per heavy atom. The SMILES string of the molecule is C1CCCCC2CCC(CCC1)NC1CCCCCCCC(CC1)O2. The molecule has 0 radical (unpaired) electrons. The van der Waals surface area contributed by atoms with Gasteiger partial charge >= 0.3 is 0 Å². The van der Waals surface area contributed by atoms with Crippen LogP contribution in [0.15, 0.2) is 0 Å². The molecule has 3 fully saturated rings.